The van der Waals surface area contributed by atoms with E-state index in [0.29, 0.717) is 18.3 Å². The van der Waals surface area contributed by atoms with Gasteiger partial charge in [0.1, 0.15) is 36.2 Å². The van der Waals surface area contributed by atoms with Crippen molar-refractivity contribution in [3.05, 3.63) is 42.0 Å². The number of carbonyl (C=O) groups excluding carboxylic acids is 5. The van der Waals surface area contributed by atoms with Crippen molar-refractivity contribution in [2.24, 2.45) is 28.1 Å². The Labute approximate surface area is 260 Å². The molecule has 1 aromatic rings. The number of hydrogen-bond donors (Lipinski definition) is 8. The number of nitrogens with two attached hydrogens (primary N) is 3. The van der Waals surface area contributed by atoms with Crippen molar-refractivity contribution >= 4 is 41.8 Å². The molecule has 0 aromatic heterocycles. The van der Waals surface area contributed by atoms with Crippen LogP contribution in [0.5, 0.6) is 5.75 Å². The van der Waals surface area contributed by atoms with Gasteiger partial charge in [-0.3, -0.25) is 24.0 Å². The number of rotatable bonds is 16. The second-order valence-electron chi connectivity index (χ2n) is 10.9. The Morgan fingerprint density at radius 3 is 2.31 bits per heavy atom. The number of carboxylic acid groups (broad SMARTS) is 1. The number of aldehydes is 1. The highest BCUT2D eigenvalue weighted by Gasteiger charge is 2.38. The summed E-state index contributed by atoms with van der Waals surface area (Å²) in [4.78, 5) is 80.9. The number of hydrogen-bond acceptors (Lipinski definition) is 9. The third-order valence-corrected chi connectivity index (χ3v) is 6.99. The monoisotopic (exact) mass is 630 g/mol. The number of aliphatic imine (C=N–C) groups is 1. The van der Waals surface area contributed by atoms with E-state index in [1.807, 2.05) is 0 Å². The van der Waals surface area contributed by atoms with E-state index in [1.54, 1.807) is 26.0 Å². The average molecular weight is 631 g/mol. The van der Waals surface area contributed by atoms with Crippen LogP contribution in [0.1, 0.15) is 38.7 Å². The first kappa shape index (κ1) is 36.2. The number of amides is 4. The topological polar surface area (TPSA) is 273 Å². The maximum absolute atomic E-state index is 13.2. The first-order valence-electron chi connectivity index (χ1n) is 14.4. The van der Waals surface area contributed by atoms with E-state index in [0.717, 1.165) is 0 Å². The number of nitrogens with one attached hydrogen (secondary N) is 3. The summed E-state index contributed by atoms with van der Waals surface area (Å²) in [5, 5.41) is 26.4. The van der Waals surface area contributed by atoms with Crippen molar-refractivity contribution in [3.8, 4) is 5.75 Å². The van der Waals surface area contributed by atoms with Crippen LogP contribution in [0.4, 0.5) is 0 Å². The van der Waals surface area contributed by atoms with Gasteiger partial charge in [0.05, 0.1) is 19.0 Å². The number of phenols is 1. The molecule has 246 valence electrons. The van der Waals surface area contributed by atoms with Crippen LogP contribution in [0.15, 0.2) is 41.4 Å². The highest BCUT2D eigenvalue weighted by molar-refractivity contribution is 5.97. The number of likely N-dealkylation sites (tertiary alicyclic amines) is 1. The molecule has 1 aromatic carbocycles. The van der Waals surface area contributed by atoms with Gasteiger partial charge in [-0.05, 0) is 42.9 Å². The van der Waals surface area contributed by atoms with Crippen LogP contribution in [-0.2, 0) is 35.2 Å². The normalized spacial score (nSPS) is 17.2. The Morgan fingerprint density at radius 2 is 1.73 bits per heavy atom. The van der Waals surface area contributed by atoms with Crippen molar-refractivity contribution in [1.29, 1.82) is 0 Å². The van der Waals surface area contributed by atoms with Gasteiger partial charge in [-0.15, -0.1) is 0 Å². The first-order chi connectivity index (χ1) is 21.2. The Hall–Kier alpha value is -4.99. The smallest absolute Gasteiger partial charge is 0.305 e. The van der Waals surface area contributed by atoms with Crippen molar-refractivity contribution in [2.75, 3.05) is 13.1 Å². The molecule has 0 saturated carbocycles. The lowest BCUT2D eigenvalue weighted by molar-refractivity contribution is -0.143. The summed E-state index contributed by atoms with van der Waals surface area (Å²) in [5.41, 5.74) is 17.2. The minimum atomic E-state index is -1.58. The number of aliphatic carboxylic acids is 1. The lowest BCUT2D eigenvalue weighted by Gasteiger charge is -2.29. The molecular formula is C29H42N8O8. The zero-order chi connectivity index (χ0) is 33.7. The third-order valence-electron chi connectivity index (χ3n) is 6.99. The molecular weight excluding hydrogens is 588 g/mol. The summed E-state index contributed by atoms with van der Waals surface area (Å²) in [6.45, 7) is 3.60. The van der Waals surface area contributed by atoms with Crippen LogP contribution in [-0.4, -0.2) is 100 Å². The highest BCUT2D eigenvalue weighted by Crippen LogP contribution is 2.19. The van der Waals surface area contributed by atoms with E-state index in [-0.39, 0.29) is 37.6 Å². The lowest BCUT2D eigenvalue weighted by Crippen LogP contribution is -2.59. The van der Waals surface area contributed by atoms with Gasteiger partial charge in [0.15, 0.2) is 5.96 Å². The Bertz CT molecular complexity index is 1280. The van der Waals surface area contributed by atoms with E-state index in [1.165, 1.54) is 29.2 Å². The maximum atomic E-state index is 13.2. The minimum Gasteiger partial charge on any atom is -0.508 e. The van der Waals surface area contributed by atoms with Crippen LogP contribution in [0, 0.1) is 5.92 Å². The molecule has 5 atom stereocenters. The van der Waals surface area contributed by atoms with Gasteiger partial charge in [0, 0.05) is 6.54 Å². The summed E-state index contributed by atoms with van der Waals surface area (Å²) in [6, 6.07) is 0.265. The van der Waals surface area contributed by atoms with Gasteiger partial charge in [0.25, 0.3) is 0 Å². The average Bonchev–Trinajstić information content (AvgIpc) is 3.47. The number of benzene rings is 1. The number of guanidine groups is 1. The molecule has 1 saturated heterocycles. The summed E-state index contributed by atoms with van der Waals surface area (Å²) in [5.74, 6) is -4.89. The molecule has 0 unspecified atom stereocenters. The van der Waals surface area contributed by atoms with Crippen LogP contribution < -0.4 is 33.2 Å². The quantitative estimate of drug-likeness (QED) is 0.0423. The Morgan fingerprint density at radius 1 is 1.07 bits per heavy atom. The van der Waals surface area contributed by atoms with Crippen LogP contribution in [0.3, 0.4) is 0 Å². The molecule has 0 radical (unpaired) electrons. The molecule has 0 bridgehead atoms. The van der Waals surface area contributed by atoms with Crippen molar-refractivity contribution in [1.82, 2.24) is 20.9 Å². The number of aromatic hydroxyl groups is 1. The molecule has 1 aliphatic rings. The van der Waals surface area contributed by atoms with Crippen LogP contribution >= 0.6 is 0 Å². The van der Waals surface area contributed by atoms with E-state index >= 15 is 0 Å². The third kappa shape index (κ3) is 11.6. The van der Waals surface area contributed by atoms with Crippen molar-refractivity contribution in [2.45, 2.75) is 69.7 Å². The number of carboxylic acids is 1. The van der Waals surface area contributed by atoms with Crippen molar-refractivity contribution in [3.63, 3.8) is 0 Å². The lowest BCUT2D eigenvalue weighted by atomic mass is 10.0. The summed E-state index contributed by atoms with van der Waals surface area (Å²) < 4.78 is 0. The van der Waals surface area contributed by atoms with Gasteiger partial charge >= 0.3 is 5.97 Å². The number of nitrogens with zero attached hydrogens (tertiary/aromatic N) is 2. The predicted octanol–water partition coefficient (Wildman–Crippen LogP) is -2.13. The molecule has 1 aliphatic heterocycles. The van der Waals surface area contributed by atoms with E-state index in [4.69, 9.17) is 17.2 Å². The molecule has 16 nitrogen and oxygen atoms in total. The fourth-order valence-corrected chi connectivity index (χ4v) is 4.67. The van der Waals surface area contributed by atoms with Crippen LogP contribution in [0.25, 0.3) is 0 Å². The maximum Gasteiger partial charge on any atom is 0.305 e. The number of carbonyl (C=O) groups is 6. The molecule has 2 rings (SSSR count). The summed E-state index contributed by atoms with van der Waals surface area (Å²) in [6.07, 6.45) is 3.48. The molecule has 0 aliphatic carbocycles. The molecule has 4 amide bonds. The largest absolute Gasteiger partial charge is 0.508 e. The molecule has 1 fully saturated rings. The van der Waals surface area contributed by atoms with E-state index in [9.17, 15) is 39.0 Å². The van der Waals surface area contributed by atoms with E-state index in [2.05, 4.69) is 20.9 Å². The molecule has 16 heteroatoms. The van der Waals surface area contributed by atoms with Gasteiger partial charge in [-0.25, -0.2) is 4.99 Å². The van der Waals surface area contributed by atoms with Gasteiger partial charge < -0.3 is 53.1 Å². The standard InChI is InChI=1S/C29H42N8O8/c1-16(2)24(27(44)34-18(15-38)13-17-7-9-19(39)10-8-17)36-25(42)21(14-23(40)41)35-26(43)22-6-4-12-37(22)28(45)20(30)5-3-11-33-29(31)32/h3,5,7-10,15-16,18,20-22,24,39H,4,6,11-14,30H2,1-2H3,(H,34,44)(H,35,43)(H,36,42)(H,40,41)(H4,31,32,33)/b5-3+/t18-,20-,21-,22-,24+/m0/s1. The number of phenolic OH excluding ortho intramolecular Hbond substituents is 1. The summed E-state index contributed by atoms with van der Waals surface area (Å²) in [7, 11) is 0. The Balaban J connectivity index is 2.11. The van der Waals surface area contributed by atoms with Gasteiger partial charge in [-0.2, -0.15) is 0 Å². The van der Waals surface area contributed by atoms with Gasteiger partial charge in [0.2, 0.25) is 23.6 Å². The highest BCUT2D eigenvalue weighted by atomic mass is 16.4. The molecule has 11 N–H and O–H groups in total. The minimum absolute atomic E-state index is 0.0417. The van der Waals surface area contributed by atoms with Gasteiger partial charge in [-0.1, -0.05) is 38.1 Å². The SMILES string of the molecule is CC(C)[C@@H](NC(=O)[C@H](CC(=O)O)NC(=O)[C@@H]1CCCN1C(=O)[C@@H](N)/C=C/CN=C(N)N)C(=O)N[C@H](C=O)Cc1ccc(O)cc1. The second kappa shape index (κ2) is 17.3. The summed E-state index contributed by atoms with van der Waals surface area (Å²) >= 11 is 0. The zero-order valence-electron chi connectivity index (χ0n) is 25.2. The molecule has 45 heavy (non-hydrogen) atoms. The first-order valence-corrected chi connectivity index (χ1v) is 14.4. The van der Waals surface area contributed by atoms with Crippen LogP contribution in [0.2, 0.25) is 0 Å². The fourth-order valence-electron chi connectivity index (χ4n) is 4.67. The predicted molar refractivity (Wildman–Crippen MR) is 163 cm³/mol. The fraction of sp³-hybridized carbons (Fsp3) is 0.483. The zero-order valence-corrected chi connectivity index (χ0v) is 25.2. The second-order valence-corrected chi connectivity index (χ2v) is 10.9. The molecule has 0 spiro atoms. The van der Waals surface area contributed by atoms with E-state index < -0.39 is 72.1 Å². The van der Waals surface area contributed by atoms with Crippen molar-refractivity contribution < 1.29 is 39.0 Å². The Kier molecular flexibility index (Phi) is 14.0. The molecule has 1 heterocycles.